The summed E-state index contributed by atoms with van der Waals surface area (Å²) >= 11 is 0. The summed E-state index contributed by atoms with van der Waals surface area (Å²) in [6.07, 6.45) is -4.61. The lowest BCUT2D eigenvalue weighted by Gasteiger charge is -2.05. The zero-order chi connectivity index (χ0) is 15.7. The van der Waals surface area contributed by atoms with Gasteiger partial charge in [-0.15, -0.1) is 5.10 Å². The zero-order valence-corrected chi connectivity index (χ0v) is 11.2. The van der Waals surface area contributed by atoms with Gasteiger partial charge in [0.05, 0.1) is 5.69 Å². The van der Waals surface area contributed by atoms with Crippen LogP contribution in [0.5, 0.6) is 0 Å². The van der Waals surface area contributed by atoms with Gasteiger partial charge >= 0.3 is 6.18 Å². The van der Waals surface area contributed by atoms with E-state index in [-0.39, 0.29) is 5.82 Å². The summed E-state index contributed by atoms with van der Waals surface area (Å²) < 4.78 is 39.9. The Kier molecular flexibility index (Phi) is 3.32. The van der Waals surface area contributed by atoms with Crippen LogP contribution in [0, 0.1) is 0 Å². The molecule has 7 heteroatoms. The molecule has 0 unspecified atom stereocenters. The van der Waals surface area contributed by atoms with E-state index >= 15 is 0 Å². The average Bonchev–Trinajstić information content (AvgIpc) is 2.94. The lowest BCUT2D eigenvalue weighted by atomic mass is 10.2. The van der Waals surface area contributed by atoms with Crippen LogP contribution in [0.15, 0.2) is 54.6 Å². The van der Waals surface area contributed by atoms with Crippen LogP contribution >= 0.6 is 0 Å². The summed E-state index contributed by atoms with van der Waals surface area (Å²) in [6.45, 7) is 0. The predicted octanol–water partition coefficient (Wildman–Crippen LogP) is 3.54. The van der Waals surface area contributed by atoms with Crippen LogP contribution in [0.1, 0.15) is 5.82 Å². The Labute approximate surface area is 124 Å². The third kappa shape index (κ3) is 2.65. The van der Waals surface area contributed by atoms with Crippen molar-refractivity contribution in [3.05, 3.63) is 60.4 Å². The third-order valence-electron chi connectivity index (χ3n) is 3.03. The largest absolute Gasteiger partial charge is 0.453 e. The first-order chi connectivity index (χ1) is 10.4. The Morgan fingerprint density at radius 2 is 1.55 bits per heavy atom. The van der Waals surface area contributed by atoms with Gasteiger partial charge in [0.1, 0.15) is 0 Å². The third-order valence-corrected chi connectivity index (χ3v) is 3.03. The van der Waals surface area contributed by atoms with Crippen molar-refractivity contribution in [3.8, 4) is 17.1 Å². The molecule has 0 saturated carbocycles. The Morgan fingerprint density at radius 3 is 2.14 bits per heavy atom. The highest BCUT2D eigenvalue weighted by Crippen LogP contribution is 2.30. The fourth-order valence-corrected chi connectivity index (χ4v) is 2.00. The molecule has 1 heterocycles. The number of rotatable bonds is 2. The number of hydrogen-bond donors (Lipinski definition) is 1. The molecule has 0 amide bonds. The summed E-state index contributed by atoms with van der Waals surface area (Å²) in [5.41, 5.74) is 7.12. The lowest BCUT2D eigenvalue weighted by molar-refractivity contribution is -0.144. The maximum Gasteiger partial charge on any atom is 0.453 e. The highest BCUT2D eigenvalue weighted by atomic mass is 19.4. The van der Waals surface area contributed by atoms with Crippen LogP contribution in [0.3, 0.4) is 0 Å². The number of anilines is 1. The molecule has 0 atom stereocenters. The van der Waals surface area contributed by atoms with E-state index in [1.54, 1.807) is 54.6 Å². The Hall–Kier alpha value is -2.83. The molecule has 4 nitrogen and oxygen atoms in total. The molecular weight excluding hydrogens is 293 g/mol. The molecule has 3 rings (SSSR count). The molecule has 2 N–H and O–H groups in total. The number of nitrogens with zero attached hydrogens (tertiary/aromatic N) is 3. The van der Waals surface area contributed by atoms with E-state index in [1.807, 2.05) is 0 Å². The number of alkyl halides is 3. The number of nitrogens with two attached hydrogens (primary N) is 1. The van der Waals surface area contributed by atoms with Crippen LogP contribution in [0.4, 0.5) is 18.9 Å². The van der Waals surface area contributed by atoms with E-state index in [1.165, 1.54) is 4.68 Å². The van der Waals surface area contributed by atoms with Gasteiger partial charge in [0.15, 0.2) is 5.82 Å². The van der Waals surface area contributed by atoms with Crippen molar-refractivity contribution in [2.24, 2.45) is 0 Å². The summed E-state index contributed by atoms with van der Waals surface area (Å²) in [4.78, 5) is 3.64. The summed E-state index contributed by atoms with van der Waals surface area (Å²) in [5, 5.41) is 3.60. The van der Waals surface area contributed by atoms with E-state index in [2.05, 4.69) is 10.1 Å². The molecule has 0 aliphatic heterocycles. The minimum atomic E-state index is -4.61. The van der Waals surface area contributed by atoms with Crippen LogP contribution in [-0.2, 0) is 6.18 Å². The summed E-state index contributed by atoms with van der Waals surface area (Å²) in [5.74, 6) is -1.07. The number of hydrogen-bond acceptors (Lipinski definition) is 3. The zero-order valence-electron chi connectivity index (χ0n) is 11.2. The second kappa shape index (κ2) is 5.18. The van der Waals surface area contributed by atoms with Gasteiger partial charge in [0.2, 0.25) is 0 Å². The van der Waals surface area contributed by atoms with Gasteiger partial charge < -0.3 is 5.73 Å². The van der Waals surface area contributed by atoms with Crippen LogP contribution in [0.25, 0.3) is 17.1 Å². The molecule has 0 spiro atoms. The van der Waals surface area contributed by atoms with Gasteiger partial charge in [-0.25, -0.2) is 9.67 Å². The summed E-state index contributed by atoms with van der Waals surface area (Å²) in [7, 11) is 0. The number of nitrogen functional groups attached to an aromatic ring is 1. The van der Waals surface area contributed by atoms with E-state index in [4.69, 9.17) is 5.73 Å². The molecular formula is C15H11F3N4. The SMILES string of the molecule is Nc1ccc(-c2nc(C(F)(F)F)nn2-c2ccccc2)cc1. The first-order valence-corrected chi connectivity index (χ1v) is 6.41. The Morgan fingerprint density at radius 1 is 0.909 bits per heavy atom. The maximum absolute atomic E-state index is 12.9. The molecule has 0 saturated heterocycles. The second-order valence-electron chi connectivity index (χ2n) is 4.63. The summed E-state index contributed by atoms with van der Waals surface area (Å²) in [6, 6.07) is 15.0. The van der Waals surface area contributed by atoms with Gasteiger partial charge in [-0.1, -0.05) is 18.2 Å². The lowest BCUT2D eigenvalue weighted by Crippen LogP contribution is -2.08. The van der Waals surface area contributed by atoms with Gasteiger partial charge in [0, 0.05) is 11.3 Å². The molecule has 2 aromatic carbocycles. The van der Waals surface area contributed by atoms with Crippen molar-refractivity contribution in [1.29, 1.82) is 0 Å². The Bertz CT molecular complexity index is 777. The van der Waals surface area contributed by atoms with Gasteiger partial charge in [-0.2, -0.15) is 13.2 Å². The van der Waals surface area contributed by atoms with Gasteiger partial charge in [-0.05, 0) is 36.4 Å². The number of benzene rings is 2. The average molecular weight is 304 g/mol. The standard InChI is InChI=1S/C15H11F3N4/c16-15(17,18)14-20-13(10-6-8-11(19)9-7-10)22(21-14)12-4-2-1-3-5-12/h1-9H,19H2. The van der Waals surface area contributed by atoms with Crippen LogP contribution < -0.4 is 5.73 Å². The first-order valence-electron chi connectivity index (χ1n) is 6.41. The molecule has 0 radical (unpaired) electrons. The topological polar surface area (TPSA) is 56.7 Å². The normalized spacial score (nSPS) is 11.6. The predicted molar refractivity (Wildman–Crippen MR) is 76.2 cm³/mol. The van der Waals surface area contributed by atoms with Crippen molar-refractivity contribution >= 4 is 5.69 Å². The fourth-order valence-electron chi connectivity index (χ4n) is 2.00. The molecule has 112 valence electrons. The number of aromatic nitrogens is 3. The fraction of sp³-hybridized carbons (Fsp3) is 0.0667. The van der Waals surface area contributed by atoms with Crippen LogP contribution in [-0.4, -0.2) is 14.8 Å². The van der Waals surface area contributed by atoms with E-state index in [9.17, 15) is 13.2 Å². The van der Waals surface area contributed by atoms with E-state index < -0.39 is 12.0 Å². The molecule has 0 aliphatic carbocycles. The second-order valence-corrected chi connectivity index (χ2v) is 4.63. The Balaban J connectivity index is 2.19. The highest BCUT2D eigenvalue weighted by Gasteiger charge is 2.37. The molecule has 0 aliphatic rings. The van der Waals surface area contributed by atoms with Crippen molar-refractivity contribution in [1.82, 2.24) is 14.8 Å². The quantitative estimate of drug-likeness (QED) is 0.737. The monoisotopic (exact) mass is 304 g/mol. The van der Waals surface area contributed by atoms with E-state index in [0.717, 1.165) is 0 Å². The van der Waals surface area contributed by atoms with E-state index in [0.29, 0.717) is 16.9 Å². The van der Waals surface area contributed by atoms with Gasteiger partial charge in [-0.3, -0.25) is 0 Å². The first kappa shape index (κ1) is 14.1. The van der Waals surface area contributed by atoms with Crippen molar-refractivity contribution < 1.29 is 13.2 Å². The number of para-hydroxylation sites is 1. The van der Waals surface area contributed by atoms with Crippen molar-refractivity contribution in [2.45, 2.75) is 6.18 Å². The maximum atomic E-state index is 12.9. The minimum absolute atomic E-state index is 0.110. The molecule has 22 heavy (non-hydrogen) atoms. The highest BCUT2D eigenvalue weighted by molar-refractivity contribution is 5.61. The smallest absolute Gasteiger partial charge is 0.399 e. The molecule has 0 fully saturated rings. The molecule has 0 bridgehead atoms. The van der Waals surface area contributed by atoms with Crippen LogP contribution in [0.2, 0.25) is 0 Å². The molecule has 1 aromatic heterocycles. The van der Waals surface area contributed by atoms with Gasteiger partial charge in [0.25, 0.3) is 5.82 Å². The minimum Gasteiger partial charge on any atom is -0.399 e. The van der Waals surface area contributed by atoms with Crippen molar-refractivity contribution in [3.63, 3.8) is 0 Å². The van der Waals surface area contributed by atoms with Crippen molar-refractivity contribution in [2.75, 3.05) is 5.73 Å². The molecule has 3 aromatic rings. The number of halogens is 3.